The fourth-order valence-corrected chi connectivity index (χ4v) is 2.82. The maximum absolute atomic E-state index is 12.6. The molecule has 2 aromatic rings. The first-order valence-electron chi connectivity index (χ1n) is 8.40. The summed E-state index contributed by atoms with van der Waals surface area (Å²) in [6.07, 6.45) is 0. The van der Waals surface area contributed by atoms with Crippen LogP contribution in [0, 0.1) is 6.92 Å². The van der Waals surface area contributed by atoms with Crippen LogP contribution in [0.3, 0.4) is 0 Å². The van der Waals surface area contributed by atoms with Gasteiger partial charge in [-0.15, -0.1) is 0 Å². The quantitative estimate of drug-likeness (QED) is 0.737. The molecule has 27 heavy (non-hydrogen) atoms. The van der Waals surface area contributed by atoms with Crippen molar-refractivity contribution in [1.82, 2.24) is 10.6 Å². The number of aryl methyl sites for hydroxylation is 1. The van der Waals surface area contributed by atoms with E-state index in [4.69, 9.17) is 25.5 Å². The largest absolute Gasteiger partial charge is 0.487 e. The van der Waals surface area contributed by atoms with Crippen LogP contribution < -0.4 is 15.4 Å². The third-order valence-corrected chi connectivity index (χ3v) is 4.14. The zero-order valence-electron chi connectivity index (χ0n) is 14.9. The molecule has 2 N–H and O–H groups in total. The molecular weight excluding hydrogens is 372 g/mol. The summed E-state index contributed by atoms with van der Waals surface area (Å²) in [5.74, 6) is 1.10. The minimum atomic E-state index is -0.768. The number of hydrogen-bond donors (Lipinski definition) is 2. The van der Waals surface area contributed by atoms with E-state index in [9.17, 15) is 9.59 Å². The van der Waals surface area contributed by atoms with E-state index in [0.29, 0.717) is 28.0 Å². The summed E-state index contributed by atoms with van der Waals surface area (Å²) in [5, 5.41) is 5.91. The molecule has 7 nitrogen and oxygen atoms in total. The van der Waals surface area contributed by atoms with E-state index in [1.165, 1.54) is 0 Å². The Bertz CT molecular complexity index is 872. The van der Waals surface area contributed by atoms with Crippen LogP contribution in [0.5, 0.6) is 5.75 Å². The van der Waals surface area contributed by atoms with Crippen molar-refractivity contribution in [3.8, 4) is 5.75 Å². The number of amides is 2. The molecule has 2 heterocycles. The number of carbonyl (C=O) groups is 2. The summed E-state index contributed by atoms with van der Waals surface area (Å²) in [4.78, 5) is 24.7. The van der Waals surface area contributed by atoms with Crippen LogP contribution >= 0.6 is 11.6 Å². The number of carbonyl (C=O) groups excluding carboxylic acids is 2. The van der Waals surface area contributed by atoms with Gasteiger partial charge in [-0.3, -0.25) is 0 Å². The number of urea groups is 1. The Morgan fingerprint density at radius 2 is 1.96 bits per heavy atom. The van der Waals surface area contributed by atoms with E-state index in [1.54, 1.807) is 50.2 Å². The van der Waals surface area contributed by atoms with Crippen molar-refractivity contribution in [2.45, 2.75) is 19.9 Å². The Labute approximate surface area is 161 Å². The molecule has 3 rings (SSSR count). The molecule has 0 spiro atoms. The average molecular weight is 391 g/mol. The lowest BCUT2D eigenvalue weighted by Crippen LogP contribution is -2.47. The highest BCUT2D eigenvalue weighted by molar-refractivity contribution is 6.30. The number of rotatable bonds is 6. The molecule has 8 heteroatoms. The third kappa shape index (κ3) is 4.43. The fourth-order valence-electron chi connectivity index (χ4n) is 2.69. The molecule has 0 fully saturated rings. The number of benzene rings is 1. The van der Waals surface area contributed by atoms with Gasteiger partial charge in [0.15, 0.2) is 0 Å². The second kappa shape index (κ2) is 8.18. The molecule has 142 valence electrons. The minimum absolute atomic E-state index is 0.0284. The van der Waals surface area contributed by atoms with E-state index in [0.717, 1.165) is 0 Å². The molecule has 0 aliphatic carbocycles. The van der Waals surface area contributed by atoms with Crippen molar-refractivity contribution in [2.24, 2.45) is 0 Å². The molecule has 0 radical (unpaired) electrons. The Balaban J connectivity index is 1.93. The van der Waals surface area contributed by atoms with Gasteiger partial charge in [0, 0.05) is 5.02 Å². The van der Waals surface area contributed by atoms with Gasteiger partial charge < -0.3 is 24.5 Å². The zero-order valence-corrected chi connectivity index (χ0v) is 15.6. The van der Waals surface area contributed by atoms with E-state index >= 15 is 0 Å². The Kier molecular flexibility index (Phi) is 5.71. The van der Waals surface area contributed by atoms with Gasteiger partial charge in [0.05, 0.1) is 17.9 Å². The Hall–Kier alpha value is -2.93. The van der Waals surface area contributed by atoms with E-state index in [2.05, 4.69) is 10.6 Å². The number of halogens is 1. The van der Waals surface area contributed by atoms with Gasteiger partial charge in [-0.25, -0.2) is 9.59 Å². The van der Waals surface area contributed by atoms with Crippen LogP contribution in [0.25, 0.3) is 0 Å². The summed E-state index contributed by atoms with van der Waals surface area (Å²) in [6.45, 7) is 3.67. The standard InChI is InChI=1S/C19H19ClN2O5/c1-3-25-18(23)16-14(10-26-13-7-5-12(20)6-8-13)21-19(24)22-17(16)15-9-4-11(2)27-15/h4-9,17H,3,10H2,1-2H3,(H2,21,22,24)/t17-/m1/s1. The van der Waals surface area contributed by atoms with Gasteiger partial charge in [0.1, 0.15) is 29.9 Å². The average Bonchev–Trinajstić information content (AvgIpc) is 3.07. The minimum Gasteiger partial charge on any atom is -0.487 e. The lowest BCUT2D eigenvalue weighted by Gasteiger charge is -2.27. The summed E-state index contributed by atoms with van der Waals surface area (Å²) in [6, 6.07) is 9.01. The second-order valence-corrected chi connectivity index (χ2v) is 6.27. The number of esters is 1. The molecule has 0 saturated heterocycles. The molecule has 0 unspecified atom stereocenters. The first-order valence-corrected chi connectivity index (χ1v) is 8.78. The molecule has 1 aliphatic heterocycles. The van der Waals surface area contributed by atoms with Gasteiger partial charge in [-0.05, 0) is 50.2 Å². The summed E-state index contributed by atoms with van der Waals surface area (Å²) in [5.41, 5.74) is 0.547. The topological polar surface area (TPSA) is 89.8 Å². The summed E-state index contributed by atoms with van der Waals surface area (Å²) < 4.78 is 16.5. The molecule has 1 aromatic carbocycles. The highest BCUT2D eigenvalue weighted by Gasteiger charge is 2.35. The second-order valence-electron chi connectivity index (χ2n) is 5.84. The highest BCUT2D eigenvalue weighted by atomic mass is 35.5. The lowest BCUT2D eigenvalue weighted by molar-refractivity contribution is -0.139. The van der Waals surface area contributed by atoms with E-state index in [1.807, 2.05) is 0 Å². The van der Waals surface area contributed by atoms with Crippen molar-refractivity contribution >= 4 is 23.6 Å². The molecular formula is C19H19ClN2O5. The van der Waals surface area contributed by atoms with Crippen LogP contribution in [0.15, 0.2) is 52.1 Å². The van der Waals surface area contributed by atoms with Gasteiger partial charge >= 0.3 is 12.0 Å². The zero-order chi connectivity index (χ0) is 19.4. The summed E-state index contributed by atoms with van der Waals surface area (Å²) >= 11 is 5.87. The number of nitrogens with one attached hydrogen (secondary N) is 2. The van der Waals surface area contributed by atoms with Crippen LogP contribution in [-0.2, 0) is 9.53 Å². The van der Waals surface area contributed by atoms with Gasteiger partial charge in [-0.1, -0.05) is 11.6 Å². The van der Waals surface area contributed by atoms with Crippen LogP contribution in [0.4, 0.5) is 4.79 Å². The molecule has 1 aromatic heterocycles. The molecule has 1 atom stereocenters. The lowest BCUT2D eigenvalue weighted by atomic mass is 10.0. The van der Waals surface area contributed by atoms with Crippen LogP contribution in [0.1, 0.15) is 24.5 Å². The maximum Gasteiger partial charge on any atom is 0.338 e. The van der Waals surface area contributed by atoms with Crippen LogP contribution in [-0.4, -0.2) is 25.2 Å². The van der Waals surface area contributed by atoms with Crippen molar-refractivity contribution < 1.29 is 23.5 Å². The molecule has 0 bridgehead atoms. The Morgan fingerprint density at radius 1 is 1.22 bits per heavy atom. The first-order chi connectivity index (χ1) is 13.0. The Morgan fingerprint density at radius 3 is 2.59 bits per heavy atom. The predicted octanol–water partition coefficient (Wildman–Crippen LogP) is 3.49. The molecule has 1 aliphatic rings. The maximum atomic E-state index is 12.6. The van der Waals surface area contributed by atoms with Crippen molar-refractivity contribution in [3.63, 3.8) is 0 Å². The first kappa shape index (κ1) is 18.8. The third-order valence-electron chi connectivity index (χ3n) is 3.89. The van der Waals surface area contributed by atoms with Gasteiger partial charge in [0.2, 0.25) is 0 Å². The van der Waals surface area contributed by atoms with Crippen LogP contribution in [0.2, 0.25) is 5.02 Å². The van der Waals surface area contributed by atoms with Crippen molar-refractivity contribution in [2.75, 3.05) is 13.2 Å². The van der Waals surface area contributed by atoms with E-state index in [-0.39, 0.29) is 18.8 Å². The number of furan rings is 1. The van der Waals surface area contributed by atoms with E-state index < -0.39 is 18.0 Å². The normalized spacial score (nSPS) is 16.6. The van der Waals surface area contributed by atoms with Crippen molar-refractivity contribution in [1.29, 1.82) is 0 Å². The monoisotopic (exact) mass is 390 g/mol. The molecule has 2 amide bonds. The molecule has 0 saturated carbocycles. The predicted molar refractivity (Wildman–Crippen MR) is 98.5 cm³/mol. The van der Waals surface area contributed by atoms with Crippen molar-refractivity contribution in [3.05, 3.63) is 64.2 Å². The highest BCUT2D eigenvalue weighted by Crippen LogP contribution is 2.29. The van der Waals surface area contributed by atoms with Gasteiger partial charge in [0.25, 0.3) is 0 Å². The smallest absolute Gasteiger partial charge is 0.338 e. The summed E-state index contributed by atoms with van der Waals surface area (Å²) in [7, 11) is 0. The number of hydrogen-bond acceptors (Lipinski definition) is 5. The van der Waals surface area contributed by atoms with Gasteiger partial charge in [-0.2, -0.15) is 0 Å². The SMILES string of the molecule is CCOC(=O)C1=C(COc2ccc(Cl)cc2)NC(=O)N[C@@H]1c1ccc(C)o1. The fraction of sp³-hybridized carbons (Fsp3) is 0.263. The number of ether oxygens (including phenoxy) is 2.